The van der Waals surface area contributed by atoms with Gasteiger partial charge in [-0.05, 0) is 66.9 Å². The molecule has 2 heterocycles. The number of nitrogens with one attached hydrogen (secondary N) is 1. The van der Waals surface area contributed by atoms with Crippen molar-refractivity contribution in [3.05, 3.63) is 89.8 Å². The number of quaternary nitrogens is 1. The van der Waals surface area contributed by atoms with Gasteiger partial charge in [0.1, 0.15) is 24.1 Å². The van der Waals surface area contributed by atoms with Gasteiger partial charge in [-0.2, -0.15) is 4.98 Å². The Balaban J connectivity index is 1.41. The van der Waals surface area contributed by atoms with E-state index in [1.54, 1.807) is 65.6 Å². The zero-order chi connectivity index (χ0) is 31.3. The number of carbonyl (C=O) groups is 2. The fourth-order valence-corrected chi connectivity index (χ4v) is 6.03. The molecule has 1 unspecified atom stereocenters. The largest absolute Gasteiger partial charge is 0.508 e. The number of piperidine rings is 1. The molecule has 11 heteroatoms. The number of phenols is 2. The summed E-state index contributed by atoms with van der Waals surface area (Å²) in [4.78, 5) is 33.1. The van der Waals surface area contributed by atoms with E-state index < -0.39 is 18.0 Å². The molecule has 1 fully saturated rings. The molecule has 44 heavy (non-hydrogen) atoms. The summed E-state index contributed by atoms with van der Waals surface area (Å²) in [6.07, 6.45) is 2.38. The number of aryl methyl sites for hydroxylation is 1. The number of aromatic hydroxyl groups is 2. The minimum atomic E-state index is -0.928. The highest BCUT2D eigenvalue weighted by Gasteiger charge is 2.41. The SMILES string of the molecule is CCc1nc(-c2ccc(NC(=O)N([C@@H]3CCC[N+](C)(Cc4cccc(O)c4)C3)[C@@H](Cc3ccc(O)cc3)C(N)=O)cc2)no1. The van der Waals surface area contributed by atoms with Gasteiger partial charge in [0, 0.05) is 29.7 Å². The van der Waals surface area contributed by atoms with Gasteiger partial charge in [0.2, 0.25) is 17.6 Å². The highest BCUT2D eigenvalue weighted by molar-refractivity contribution is 5.94. The number of rotatable bonds is 10. The van der Waals surface area contributed by atoms with Gasteiger partial charge in [0.05, 0.1) is 26.2 Å². The van der Waals surface area contributed by atoms with Crippen LogP contribution < -0.4 is 11.1 Å². The number of likely N-dealkylation sites (N-methyl/N-ethyl adjacent to an activating group) is 1. The minimum Gasteiger partial charge on any atom is -0.508 e. The van der Waals surface area contributed by atoms with Crippen LogP contribution in [0.1, 0.15) is 36.8 Å². The van der Waals surface area contributed by atoms with Crippen LogP contribution in [0.2, 0.25) is 0 Å². The molecule has 3 amide bonds. The minimum absolute atomic E-state index is 0.112. The molecule has 4 aromatic rings. The van der Waals surface area contributed by atoms with Crippen molar-refractivity contribution in [3.8, 4) is 22.9 Å². The van der Waals surface area contributed by atoms with Crippen LogP contribution in [0.3, 0.4) is 0 Å². The summed E-state index contributed by atoms with van der Waals surface area (Å²) in [5, 5.41) is 26.8. The molecule has 1 aliphatic rings. The second-order valence-electron chi connectivity index (χ2n) is 11.7. The highest BCUT2D eigenvalue weighted by Crippen LogP contribution is 2.28. The lowest BCUT2D eigenvalue weighted by Crippen LogP contribution is -2.62. The van der Waals surface area contributed by atoms with Gasteiger partial charge in [-0.15, -0.1) is 0 Å². The predicted molar refractivity (Wildman–Crippen MR) is 166 cm³/mol. The lowest BCUT2D eigenvalue weighted by atomic mass is 9.96. The number of urea groups is 1. The number of phenolic OH excluding ortho intramolecular Hbond substituents is 2. The van der Waals surface area contributed by atoms with Crippen LogP contribution in [0.5, 0.6) is 11.5 Å². The van der Waals surface area contributed by atoms with E-state index in [9.17, 15) is 19.8 Å². The first-order valence-corrected chi connectivity index (χ1v) is 14.8. The van der Waals surface area contributed by atoms with Crippen LogP contribution in [0.4, 0.5) is 10.5 Å². The second kappa shape index (κ2) is 13.2. The van der Waals surface area contributed by atoms with Crippen molar-refractivity contribution >= 4 is 17.6 Å². The summed E-state index contributed by atoms with van der Waals surface area (Å²) in [7, 11) is 2.13. The summed E-state index contributed by atoms with van der Waals surface area (Å²) in [6, 6.07) is 19.3. The molecular weight excluding hydrogens is 560 g/mol. The molecule has 0 aliphatic carbocycles. The molecule has 3 atom stereocenters. The Morgan fingerprint density at radius 2 is 1.82 bits per heavy atom. The Kier molecular flexibility index (Phi) is 9.15. The zero-order valence-electron chi connectivity index (χ0n) is 25.0. The molecule has 3 aromatic carbocycles. The number of anilines is 1. The highest BCUT2D eigenvalue weighted by atomic mass is 16.5. The first-order chi connectivity index (χ1) is 21.1. The Hall–Kier alpha value is -4.90. The van der Waals surface area contributed by atoms with Crippen LogP contribution in [0.15, 0.2) is 77.3 Å². The molecule has 5 rings (SSSR count). The maximum absolute atomic E-state index is 14.1. The van der Waals surface area contributed by atoms with Crippen LogP contribution in [-0.4, -0.2) is 73.9 Å². The molecule has 1 aliphatic heterocycles. The summed E-state index contributed by atoms with van der Waals surface area (Å²) >= 11 is 0. The van der Waals surface area contributed by atoms with Crippen molar-refractivity contribution in [3.63, 3.8) is 0 Å². The van der Waals surface area contributed by atoms with Gasteiger partial charge in [-0.3, -0.25) is 4.79 Å². The van der Waals surface area contributed by atoms with E-state index in [4.69, 9.17) is 10.3 Å². The van der Waals surface area contributed by atoms with Crippen molar-refractivity contribution in [2.24, 2.45) is 5.73 Å². The fraction of sp³-hybridized carbons (Fsp3) is 0.333. The van der Waals surface area contributed by atoms with Gasteiger partial charge in [-0.25, -0.2) is 4.79 Å². The molecule has 0 spiro atoms. The van der Waals surface area contributed by atoms with Crippen LogP contribution >= 0.6 is 0 Å². The van der Waals surface area contributed by atoms with Gasteiger partial charge in [-0.1, -0.05) is 36.3 Å². The van der Waals surface area contributed by atoms with E-state index in [1.807, 2.05) is 19.1 Å². The van der Waals surface area contributed by atoms with Gasteiger partial charge in [0.15, 0.2) is 0 Å². The molecule has 230 valence electrons. The third-order valence-corrected chi connectivity index (χ3v) is 8.18. The Morgan fingerprint density at radius 3 is 2.48 bits per heavy atom. The summed E-state index contributed by atoms with van der Waals surface area (Å²) in [5.74, 6) is 0.722. The maximum Gasteiger partial charge on any atom is 0.323 e. The smallest absolute Gasteiger partial charge is 0.323 e. The Labute approximate surface area is 256 Å². The third kappa shape index (κ3) is 7.35. The first-order valence-electron chi connectivity index (χ1n) is 14.8. The van der Waals surface area contributed by atoms with E-state index in [0.29, 0.717) is 47.8 Å². The average Bonchev–Trinajstić information content (AvgIpc) is 3.47. The van der Waals surface area contributed by atoms with Crippen molar-refractivity contribution in [1.29, 1.82) is 0 Å². The number of nitrogens with two attached hydrogens (primary N) is 1. The number of primary amides is 1. The molecular formula is C33H39N6O5+. The van der Waals surface area contributed by atoms with E-state index in [-0.39, 0.29) is 24.0 Å². The van der Waals surface area contributed by atoms with Gasteiger partial charge < -0.3 is 35.2 Å². The quantitative estimate of drug-likeness (QED) is 0.196. The fourth-order valence-electron chi connectivity index (χ4n) is 6.03. The Bertz CT molecular complexity index is 1590. The number of amides is 3. The van der Waals surface area contributed by atoms with Crippen LogP contribution in [0.25, 0.3) is 11.4 Å². The number of hydrogen-bond donors (Lipinski definition) is 4. The first kappa shape index (κ1) is 30.6. The number of nitrogens with zero attached hydrogens (tertiary/aromatic N) is 4. The molecule has 11 nitrogen and oxygen atoms in total. The topological polar surface area (TPSA) is 155 Å². The van der Waals surface area contributed by atoms with Gasteiger partial charge >= 0.3 is 6.03 Å². The number of benzene rings is 3. The average molecular weight is 600 g/mol. The van der Waals surface area contributed by atoms with Gasteiger partial charge in [0.25, 0.3) is 0 Å². The lowest BCUT2D eigenvalue weighted by molar-refractivity contribution is -0.928. The van der Waals surface area contributed by atoms with E-state index in [0.717, 1.165) is 29.7 Å². The molecule has 5 N–H and O–H groups in total. The van der Waals surface area contributed by atoms with Crippen molar-refractivity contribution < 1.29 is 28.8 Å². The zero-order valence-corrected chi connectivity index (χ0v) is 25.0. The number of hydrogen-bond acceptors (Lipinski definition) is 7. The van der Waals surface area contributed by atoms with E-state index >= 15 is 0 Å². The van der Waals surface area contributed by atoms with Crippen molar-refractivity contribution in [1.82, 2.24) is 15.0 Å². The van der Waals surface area contributed by atoms with E-state index in [2.05, 4.69) is 22.5 Å². The van der Waals surface area contributed by atoms with Crippen LogP contribution in [0, 0.1) is 0 Å². The number of carbonyl (C=O) groups excluding carboxylic acids is 2. The predicted octanol–water partition coefficient (Wildman–Crippen LogP) is 4.45. The molecule has 1 saturated heterocycles. The molecule has 0 radical (unpaired) electrons. The number of likely N-dealkylation sites (tertiary alicyclic amines) is 1. The summed E-state index contributed by atoms with van der Waals surface area (Å²) in [6.45, 7) is 4.08. The molecule has 0 bridgehead atoms. The standard InChI is InChI=1S/C33H38N6O5/c1-3-30-36-32(37-44-30)24-11-13-25(14-12-24)35-33(43)38(29(31(34)42)19-22-9-15-27(40)16-10-22)26-7-5-17-39(2,21-26)20-23-6-4-8-28(41)18-23/h4,6,8-16,18,26,29H,3,5,7,17,19-21H2,1-2H3,(H4-,34,35,37,40,41,42,43)/p+1/t26-,29+,39?/m1/s1. The summed E-state index contributed by atoms with van der Waals surface area (Å²) in [5.41, 5.74) is 9.05. The van der Waals surface area contributed by atoms with Crippen molar-refractivity contribution in [2.75, 3.05) is 25.5 Å². The van der Waals surface area contributed by atoms with Crippen molar-refractivity contribution in [2.45, 2.75) is 51.2 Å². The number of aromatic nitrogens is 2. The summed E-state index contributed by atoms with van der Waals surface area (Å²) < 4.78 is 5.84. The normalized spacial score (nSPS) is 18.8. The third-order valence-electron chi connectivity index (χ3n) is 8.18. The lowest BCUT2D eigenvalue weighted by Gasteiger charge is -2.46. The van der Waals surface area contributed by atoms with Crippen LogP contribution in [-0.2, 0) is 24.2 Å². The van der Waals surface area contributed by atoms with E-state index in [1.165, 1.54) is 0 Å². The monoisotopic (exact) mass is 599 g/mol. The molecule has 1 aromatic heterocycles. The second-order valence-corrected chi connectivity index (χ2v) is 11.7. The Morgan fingerprint density at radius 1 is 1.07 bits per heavy atom. The maximum atomic E-state index is 14.1. The molecule has 0 saturated carbocycles.